The third-order valence-electron chi connectivity index (χ3n) is 3.02. The van der Waals surface area contributed by atoms with Gasteiger partial charge >= 0.3 is 5.97 Å². The second kappa shape index (κ2) is 6.24. The molecule has 0 fully saturated rings. The molecule has 0 N–H and O–H groups in total. The van der Waals surface area contributed by atoms with Crippen LogP contribution in [0.5, 0.6) is 0 Å². The van der Waals surface area contributed by atoms with Crippen molar-refractivity contribution in [2.24, 2.45) is 0 Å². The van der Waals surface area contributed by atoms with Gasteiger partial charge in [-0.1, -0.05) is 45.0 Å². The zero-order valence-corrected chi connectivity index (χ0v) is 12.7. The minimum Gasteiger partial charge on any atom is -0.468 e. The highest BCUT2D eigenvalue weighted by atomic mass is 32.1. The van der Waals surface area contributed by atoms with Gasteiger partial charge in [-0.3, -0.25) is 9.59 Å². The van der Waals surface area contributed by atoms with Crippen LogP contribution in [0, 0.1) is 0 Å². The van der Waals surface area contributed by atoms with E-state index >= 15 is 0 Å². The first kappa shape index (κ1) is 15.8. The van der Waals surface area contributed by atoms with Crippen molar-refractivity contribution in [1.29, 1.82) is 0 Å². The lowest BCUT2D eigenvalue weighted by Crippen LogP contribution is -2.24. The molecule has 0 aliphatic rings. The zero-order chi connectivity index (χ0) is 14.6. The molecule has 3 nitrogen and oxygen atoms in total. The number of benzene rings is 1. The zero-order valence-electron chi connectivity index (χ0n) is 11.8. The average Bonchev–Trinajstić information content (AvgIpc) is 2.38. The molecule has 0 saturated carbocycles. The topological polar surface area (TPSA) is 43.4 Å². The SMILES string of the molecule is COC(=O)C(C(=O)CS)c1ccc(C(C)(C)C)cc1. The lowest BCUT2D eigenvalue weighted by atomic mass is 9.85. The fourth-order valence-electron chi connectivity index (χ4n) is 1.84. The van der Waals surface area contributed by atoms with E-state index in [4.69, 9.17) is 4.74 Å². The summed E-state index contributed by atoms with van der Waals surface area (Å²) >= 11 is 3.95. The molecule has 0 amide bonds. The molecular formula is C15H20O3S. The second-order valence-corrected chi connectivity index (χ2v) is 5.77. The Labute approximate surface area is 119 Å². The number of thiol groups is 1. The summed E-state index contributed by atoms with van der Waals surface area (Å²) in [7, 11) is 1.28. The first-order chi connectivity index (χ1) is 8.81. The summed E-state index contributed by atoms with van der Waals surface area (Å²) in [4.78, 5) is 23.5. The van der Waals surface area contributed by atoms with Crippen molar-refractivity contribution in [3.05, 3.63) is 35.4 Å². The largest absolute Gasteiger partial charge is 0.468 e. The summed E-state index contributed by atoms with van der Waals surface area (Å²) in [6.07, 6.45) is 0. The van der Waals surface area contributed by atoms with Crippen molar-refractivity contribution in [3.63, 3.8) is 0 Å². The van der Waals surface area contributed by atoms with Crippen molar-refractivity contribution < 1.29 is 14.3 Å². The molecule has 1 unspecified atom stereocenters. The molecule has 0 heterocycles. The molecule has 1 rings (SSSR count). The van der Waals surface area contributed by atoms with Crippen molar-refractivity contribution in [2.75, 3.05) is 12.9 Å². The number of methoxy groups -OCH3 is 1. The third-order valence-corrected chi connectivity index (χ3v) is 3.34. The van der Waals surface area contributed by atoms with Gasteiger partial charge in [0.15, 0.2) is 5.78 Å². The summed E-state index contributed by atoms with van der Waals surface area (Å²) in [5.74, 6) is -1.65. The van der Waals surface area contributed by atoms with Gasteiger partial charge in [-0.05, 0) is 16.5 Å². The molecule has 1 aromatic rings. The third kappa shape index (κ3) is 3.83. The van der Waals surface area contributed by atoms with E-state index in [0.717, 1.165) is 5.56 Å². The summed E-state index contributed by atoms with van der Waals surface area (Å²) in [5.41, 5.74) is 1.84. The molecule has 0 aliphatic heterocycles. The molecule has 1 aromatic carbocycles. The quantitative estimate of drug-likeness (QED) is 0.524. The van der Waals surface area contributed by atoms with Crippen LogP contribution in [0.4, 0.5) is 0 Å². The monoisotopic (exact) mass is 280 g/mol. The highest BCUT2D eigenvalue weighted by Crippen LogP contribution is 2.25. The Balaban J connectivity index is 3.11. The standard InChI is InChI=1S/C15H20O3S/c1-15(2,3)11-7-5-10(6-8-11)13(12(16)9-19)14(17)18-4/h5-8,13,19H,9H2,1-4H3. The molecular weight excluding hydrogens is 260 g/mol. The van der Waals surface area contributed by atoms with Crippen molar-refractivity contribution in [2.45, 2.75) is 32.1 Å². The number of ether oxygens (including phenoxy) is 1. The first-order valence-electron chi connectivity index (χ1n) is 6.13. The van der Waals surface area contributed by atoms with Crippen LogP contribution in [0.2, 0.25) is 0 Å². The van der Waals surface area contributed by atoms with Crippen molar-refractivity contribution in [3.8, 4) is 0 Å². The number of Topliss-reactive ketones (excluding diaryl/α,β-unsaturated/α-hetero) is 1. The van der Waals surface area contributed by atoms with Crippen molar-refractivity contribution in [1.82, 2.24) is 0 Å². The Morgan fingerprint density at radius 1 is 1.21 bits per heavy atom. The highest BCUT2D eigenvalue weighted by Gasteiger charge is 2.28. The summed E-state index contributed by atoms with van der Waals surface area (Å²) < 4.78 is 4.69. The van der Waals surface area contributed by atoms with Gasteiger partial charge in [0.05, 0.1) is 12.9 Å². The van der Waals surface area contributed by atoms with Gasteiger partial charge in [-0.2, -0.15) is 12.6 Å². The minimum absolute atomic E-state index is 0.0147. The smallest absolute Gasteiger partial charge is 0.320 e. The molecule has 0 aliphatic carbocycles. The molecule has 19 heavy (non-hydrogen) atoms. The van der Waals surface area contributed by atoms with Gasteiger partial charge < -0.3 is 4.74 Å². The van der Waals surface area contributed by atoms with Gasteiger partial charge in [0, 0.05) is 0 Å². The molecule has 104 valence electrons. The number of carbonyl (C=O) groups is 2. The summed E-state index contributed by atoms with van der Waals surface area (Å²) in [5, 5.41) is 0. The summed E-state index contributed by atoms with van der Waals surface area (Å²) in [6, 6.07) is 7.50. The number of hydrogen-bond acceptors (Lipinski definition) is 4. The van der Waals surface area contributed by atoms with Crippen LogP contribution >= 0.6 is 12.6 Å². The van der Waals surface area contributed by atoms with Gasteiger partial charge in [0.25, 0.3) is 0 Å². The molecule has 0 radical (unpaired) electrons. The molecule has 4 heteroatoms. The Kier molecular flexibility index (Phi) is 5.18. The van der Waals surface area contributed by atoms with Gasteiger partial charge in [0.1, 0.15) is 5.92 Å². The van der Waals surface area contributed by atoms with E-state index in [0.29, 0.717) is 5.56 Å². The van der Waals surface area contributed by atoms with Crippen LogP contribution in [0.1, 0.15) is 37.8 Å². The number of carbonyl (C=O) groups excluding carboxylic acids is 2. The normalized spacial score (nSPS) is 12.9. The lowest BCUT2D eigenvalue weighted by molar-refractivity contribution is -0.145. The van der Waals surface area contributed by atoms with E-state index in [2.05, 4.69) is 33.4 Å². The maximum atomic E-state index is 11.8. The maximum Gasteiger partial charge on any atom is 0.320 e. The Morgan fingerprint density at radius 3 is 2.11 bits per heavy atom. The van der Waals surface area contributed by atoms with E-state index in [9.17, 15) is 9.59 Å². The van der Waals surface area contributed by atoms with E-state index in [-0.39, 0.29) is 17.0 Å². The Bertz CT molecular complexity index is 441. The molecule has 0 aromatic heterocycles. The summed E-state index contributed by atoms with van der Waals surface area (Å²) in [6.45, 7) is 6.33. The average molecular weight is 280 g/mol. The van der Waals surface area contributed by atoms with E-state index in [1.54, 1.807) is 0 Å². The minimum atomic E-state index is -0.878. The number of rotatable bonds is 4. The Hall–Kier alpha value is -1.29. The van der Waals surface area contributed by atoms with E-state index in [1.165, 1.54) is 7.11 Å². The molecule has 0 saturated heterocycles. The van der Waals surface area contributed by atoms with Crippen LogP contribution < -0.4 is 0 Å². The second-order valence-electron chi connectivity index (χ2n) is 5.45. The van der Waals surface area contributed by atoms with Gasteiger partial charge in [-0.15, -0.1) is 0 Å². The van der Waals surface area contributed by atoms with Crippen LogP contribution in [0.15, 0.2) is 24.3 Å². The fraction of sp³-hybridized carbons (Fsp3) is 0.467. The highest BCUT2D eigenvalue weighted by molar-refractivity contribution is 7.81. The maximum absolute atomic E-state index is 11.8. The molecule has 0 bridgehead atoms. The predicted octanol–water partition coefficient (Wildman–Crippen LogP) is 2.74. The van der Waals surface area contributed by atoms with Crippen LogP contribution in [0.3, 0.4) is 0 Å². The van der Waals surface area contributed by atoms with Crippen molar-refractivity contribution >= 4 is 24.4 Å². The Morgan fingerprint density at radius 2 is 1.74 bits per heavy atom. The lowest BCUT2D eigenvalue weighted by Gasteiger charge is -2.20. The number of ketones is 1. The molecule has 0 spiro atoms. The number of esters is 1. The van der Waals surface area contributed by atoms with E-state index in [1.807, 2.05) is 24.3 Å². The van der Waals surface area contributed by atoms with Crippen LogP contribution in [0.25, 0.3) is 0 Å². The number of hydrogen-bond donors (Lipinski definition) is 1. The van der Waals surface area contributed by atoms with E-state index < -0.39 is 11.9 Å². The van der Waals surface area contributed by atoms with Crippen LogP contribution in [-0.4, -0.2) is 24.6 Å². The fourth-order valence-corrected chi connectivity index (χ4v) is 2.02. The first-order valence-corrected chi connectivity index (χ1v) is 6.76. The molecule has 1 atom stereocenters. The van der Waals surface area contributed by atoms with Gasteiger partial charge in [0.2, 0.25) is 0 Å². The predicted molar refractivity (Wildman–Crippen MR) is 78.8 cm³/mol. The van der Waals surface area contributed by atoms with Crippen LogP contribution in [-0.2, 0) is 19.7 Å². The van der Waals surface area contributed by atoms with Gasteiger partial charge in [-0.25, -0.2) is 0 Å².